The first-order valence-corrected chi connectivity index (χ1v) is 8.30. The fourth-order valence-electron chi connectivity index (χ4n) is 1.98. The molecule has 0 atom stereocenters. The normalized spacial score (nSPS) is 10.7. The van der Waals surface area contributed by atoms with Crippen molar-refractivity contribution in [1.82, 2.24) is 0 Å². The monoisotopic (exact) mass is 336 g/mol. The maximum Gasteiger partial charge on any atom is 0.353 e. The van der Waals surface area contributed by atoms with E-state index in [4.69, 9.17) is 4.74 Å². The number of carbonyl (C=O) groups excluding carboxylic acids is 1. The molecule has 0 spiro atoms. The fourth-order valence-corrected chi connectivity index (χ4v) is 2.58. The number of nitrogens with zero attached hydrogens (tertiary/aromatic N) is 1. The van der Waals surface area contributed by atoms with Gasteiger partial charge in [0.05, 0.1) is 11.9 Å². The predicted molar refractivity (Wildman–Crippen MR) is 98.1 cm³/mol. The predicted octanol–water partition coefficient (Wildman–Crippen LogP) is 4.72. The van der Waals surface area contributed by atoms with Crippen LogP contribution in [0.2, 0.25) is 0 Å². The highest BCUT2D eigenvalue weighted by molar-refractivity contribution is 7.12. The van der Waals surface area contributed by atoms with Crippen LogP contribution in [0.5, 0.6) is 5.75 Å². The topological polar surface area (TPSA) is 50.7 Å². The van der Waals surface area contributed by atoms with Crippen LogP contribution in [0.25, 0.3) is 0 Å². The molecule has 0 bridgehead atoms. The van der Waals surface area contributed by atoms with E-state index in [2.05, 4.69) is 10.5 Å². The summed E-state index contributed by atoms with van der Waals surface area (Å²) in [5, 5.41) is 6.04. The van der Waals surface area contributed by atoms with Crippen LogP contribution in [-0.2, 0) is 0 Å². The standard InChI is InChI=1S/C19H16N2O2S/c1-14-4-8-16(9-5-14)21-20-13-15-6-10-17(11-7-15)23-19(22)18-3-2-12-24-18/h2-13,21H,1H3/b20-13+. The Morgan fingerprint density at radius 3 is 2.50 bits per heavy atom. The molecule has 1 aromatic heterocycles. The van der Waals surface area contributed by atoms with E-state index < -0.39 is 0 Å². The second-order valence-corrected chi connectivity index (χ2v) is 6.12. The van der Waals surface area contributed by atoms with E-state index in [0.717, 1.165) is 11.3 Å². The summed E-state index contributed by atoms with van der Waals surface area (Å²) >= 11 is 1.36. The number of esters is 1. The highest BCUT2D eigenvalue weighted by Crippen LogP contribution is 2.16. The highest BCUT2D eigenvalue weighted by atomic mass is 32.1. The Morgan fingerprint density at radius 1 is 1.08 bits per heavy atom. The third-order valence-electron chi connectivity index (χ3n) is 3.27. The van der Waals surface area contributed by atoms with Crippen LogP contribution in [0, 0.1) is 6.92 Å². The van der Waals surface area contributed by atoms with Gasteiger partial charge in [0.1, 0.15) is 10.6 Å². The first-order chi connectivity index (χ1) is 11.7. The number of benzene rings is 2. The second-order valence-electron chi connectivity index (χ2n) is 5.17. The van der Waals surface area contributed by atoms with Crippen LogP contribution < -0.4 is 10.2 Å². The van der Waals surface area contributed by atoms with Gasteiger partial charge in [0.15, 0.2) is 0 Å². The molecule has 1 N–H and O–H groups in total. The molecule has 0 saturated heterocycles. The number of ether oxygens (including phenoxy) is 1. The first kappa shape index (κ1) is 16.0. The molecule has 0 aliphatic rings. The van der Waals surface area contributed by atoms with E-state index >= 15 is 0 Å². The van der Waals surface area contributed by atoms with Crippen molar-refractivity contribution in [3.63, 3.8) is 0 Å². The molecule has 24 heavy (non-hydrogen) atoms. The summed E-state index contributed by atoms with van der Waals surface area (Å²) in [5.41, 5.74) is 6.01. The van der Waals surface area contributed by atoms with Crippen molar-refractivity contribution in [2.45, 2.75) is 6.92 Å². The number of rotatable bonds is 5. The molecule has 0 fully saturated rings. The smallest absolute Gasteiger partial charge is 0.353 e. The van der Waals surface area contributed by atoms with Crippen LogP contribution >= 0.6 is 11.3 Å². The Hall–Kier alpha value is -2.92. The molecule has 4 nitrogen and oxygen atoms in total. The lowest BCUT2D eigenvalue weighted by Crippen LogP contribution is -2.06. The van der Waals surface area contributed by atoms with E-state index in [0.29, 0.717) is 10.6 Å². The van der Waals surface area contributed by atoms with E-state index in [-0.39, 0.29) is 5.97 Å². The van der Waals surface area contributed by atoms with Gasteiger partial charge in [-0.3, -0.25) is 5.43 Å². The first-order valence-electron chi connectivity index (χ1n) is 7.42. The quantitative estimate of drug-likeness (QED) is 0.317. The van der Waals surface area contributed by atoms with Gasteiger partial charge in [-0.1, -0.05) is 23.8 Å². The van der Waals surface area contributed by atoms with Gasteiger partial charge in [-0.2, -0.15) is 5.10 Å². The average molecular weight is 336 g/mol. The SMILES string of the molecule is Cc1ccc(N/N=C/c2ccc(OC(=O)c3cccs3)cc2)cc1. The van der Waals surface area contributed by atoms with Crippen molar-refractivity contribution in [3.05, 3.63) is 82.0 Å². The second kappa shape index (κ2) is 7.57. The summed E-state index contributed by atoms with van der Waals surface area (Å²) in [7, 11) is 0. The Kier molecular flexibility index (Phi) is 5.03. The molecule has 1 heterocycles. The Labute approximate surface area is 144 Å². The molecule has 0 amide bonds. The summed E-state index contributed by atoms with van der Waals surface area (Å²) < 4.78 is 5.31. The molecule has 5 heteroatoms. The number of nitrogens with one attached hydrogen (secondary N) is 1. The Bertz CT molecular complexity index is 823. The van der Waals surface area contributed by atoms with Gasteiger partial charge in [-0.15, -0.1) is 11.3 Å². The fraction of sp³-hybridized carbons (Fsp3) is 0.0526. The molecule has 2 aromatic carbocycles. The molecule has 0 radical (unpaired) electrons. The molecular formula is C19H16N2O2S. The molecule has 0 aliphatic heterocycles. The summed E-state index contributed by atoms with van der Waals surface area (Å²) in [6.45, 7) is 2.04. The lowest BCUT2D eigenvalue weighted by Gasteiger charge is -2.03. The van der Waals surface area contributed by atoms with Crippen LogP contribution in [0.4, 0.5) is 5.69 Å². The van der Waals surface area contributed by atoms with E-state index in [1.54, 1.807) is 24.4 Å². The van der Waals surface area contributed by atoms with Crippen LogP contribution in [0.15, 0.2) is 71.1 Å². The van der Waals surface area contributed by atoms with E-state index in [9.17, 15) is 4.79 Å². The molecule has 0 unspecified atom stereocenters. The number of aryl methyl sites for hydroxylation is 1. The van der Waals surface area contributed by atoms with Gasteiger partial charge in [0, 0.05) is 0 Å². The van der Waals surface area contributed by atoms with Gasteiger partial charge < -0.3 is 4.74 Å². The zero-order valence-corrected chi connectivity index (χ0v) is 13.9. The molecule has 120 valence electrons. The minimum atomic E-state index is -0.340. The van der Waals surface area contributed by atoms with E-state index in [1.807, 2.05) is 54.8 Å². The van der Waals surface area contributed by atoms with Crippen molar-refractivity contribution >= 4 is 29.2 Å². The summed E-state index contributed by atoms with van der Waals surface area (Å²) in [6.07, 6.45) is 1.71. The third kappa shape index (κ3) is 4.30. The number of hydrazone groups is 1. The zero-order chi connectivity index (χ0) is 16.8. The number of thiophene rings is 1. The van der Waals surface area contributed by atoms with Crippen LogP contribution in [-0.4, -0.2) is 12.2 Å². The molecule has 3 rings (SSSR count). The maximum absolute atomic E-state index is 11.9. The summed E-state index contributed by atoms with van der Waals surface area (Å²) in [5.74, 6) is 0.171. The lowest BCUT2D eigenvalue weighted by atomic mass is 10.2. The molecule has 0 aliphatic carbocycles. The van der Waals surface area contributed by atoms with E-state index in [1.165, 1.54) is 16.9 Å². The molecule has 0 saturated carbocycles. The average Bonchev–Trinajstić information content (AvgIpc) is 3.13. The van der Waals surface area contributed by atoms with Crippen LogP contribution in [0.1, 0.15) is 20.8 Å². The van der Waals surface area contributed by atoms with Crippen molar-refractivity contribution in [2.75, 3.05) is 5.43 Å². The Morgan fingerprint density at radius 2 is 1.83 bits per heavy atom. The van der Waals surface area contributed by atoms with Gasteiger partial charge in [0.25, 0.3) is 0 Å². The number of hydrogen-bond acceptors (Lipinski definition) is 5. The van der Waals surface area contributed by atoms with Crippen molar-refractivity contribution < 1.29 is 9.53 Å². The highest BCUT2D eigenvalue weighted by Gasteiger charge is 2.08. The van der Waals surface area contributed by atoms with Gasteiger partial charge in [0.2, 0.25) is 0 Å². The van der Waals surface area contributed by atoms with Crippen molar-refractivity contribution in [1.29, 1.82) is 0 Å². The minimum absolute atomic E-state index is 0.340. The minimum Gasteiger partial charge on any atom is -0.422 e. The maximum atomic E-state index is 11.9. The number of carbonyl (C=O) groups is 1. The van der Waals surface area contributed by atoms with Crippen molar-refractivity contribution in [2.24, 2.45) is 5.10 Å². The molecular weight excluding hydrogens is 320 g/mol. The molecule has 3 aromatic rings. The lowest BCUT2D eigenvalue weighted by molar-refractivity contribution is 0.0740. The summed E-state index contributed by atoms with van der Waals surface area (Å²) in [6, 6.07) is 18.7. The largest absolute Gasteiger partial charge is 0.422 e. The number of anilines is 1. The van der Waals surface area contributed by atoms with Crippen molar-refractivity contribution in [3.8, 4) is 5.75 Å². The number of hydrogen-bond donors (Lipinski definition) is 1. The zero-order valence-electron chi connectivity index (χ0n) is 13.1. The van der Waals surface area contributed by atoms with Crippen LogP contribution in [0.3, 0.4) is 0 Å². The summed E-state index contributed by atoms with van der Waals surface area (Å²) in [4.78, 5) is 12.5. The third-order valence-corrected chi connectivity index (χ3v) is 4.12. The Balaban J connectivity index is 1.57. The van der Waals surface area contributed by atoms with Gasteiger partial charge in [-0.05, 0) is 60.3 Å². The van der Waals surface area contributed by atoms with Gasteiger partial charge >= 0.3 is 5.97 Å². The van der Waals surface area contributed by atoms with Gasteiger partial charge in [-0.25, -0.2) is 4.79 Å².